The van der Waals surface area contributed by atoms with E-state index in [0.717, 1.165) is 0 Å². The molecule has 20 nitrogen and oxygen atoms in total. The molecule has 4 rings (SSSR count). The van der Waals surface area contributed by atoms with Gasteiger partial charge in [0.1, 0.15) is 22.6 Å². The van der Waals surface area contributed by atoms with Gasteiger partial charge in [0.05, 0.1) is 89.2 Å². The van der Waals surface area contributed by atoms with Crippen LogP contribution in [-0.2, 0) is 9.47 Å². The van der Waals surface area contributed by atoms with Crippen LogP contribution in [0.5, 0.6) is 34.5 Å². The topological polar surface area (TPSA) is 252 Å². The molecular formula is C36H36N4O16. The quantitative estimate of drug-likeness (QED) is 0.0933. The molecule has 0 spiro atoms. The Labute approximate surface area is 318 Å². The number of carbonyl (C=O) groups is 4. The maximum absolute atomic E-state index is 12.8. The summed E-state index contributed by atoms with van der Waals surface area (Å²) >= 11 is 0. The Morgan fingerprint density at radius 2 is 0.821 bits per heavy atom. The fourth-order valence-corrected chi connectivity index (χ4v) is 5.09. The van der Waals surface area contributed by atoms with Gasteiger partial charge in [0.15, 0.2) is 11.5 Å². The van der Waals surface area contributed by atoms with Crippen LogP contribution in [0.3, 0.4) is 0 Å². The summed E-state index contributed by atoms with van der Waals surface area (Å²) in [6, 6.07) is 13.6. The number of para-hydroxylation sites is 2. The third-order valence-corrected chi connectivity index (χ3v) is 7.59. The second kappa shape index (κ2) is 19.4. The summed E-state index contributed by atoms with van der Waals surface area (Å²) in [7, 11) is 10.3. The molecule has 56 heavy (non-hydrogen) atoms. The van der Waals surface area contributed by atoms with E-state index in [-0.39, 0.29) is 79.5 Å². The number of benzene rings is 4. The van der Waals surface area contributed by atoms with E-state index in [2.05, 4.69) is 10.6 Å². The normalized spacial score (nSPS) is 10.0. The monoisotopic (exact) mass is 780 g/mol. The largest absolute Gasteiger partial charge is 0.497 e. The summed E-state index contributed by atoms with van der Waals surface area (Å²) < 4.78 is 40.3. The van der Waals surface area contributed by atoms with Crippen LogP contribution in [0.1, 0.15) is 41.4 Å². The molecule has 2 N–H and O–H groups in total. The van der Waals surface area contributed by atoms with Crippen molar-refractivity contribution in [3.8, 4) is 34.5 Å². The predicted molar refractivity (Wildman–Crippen MR) is 197 cm³/mol. The highest BCUT2D eigenvalue weighted by molar-refractivity contribution is 6.10. The predicted octanol–water partition coefficient (Wildman–Crippen LogP) is 5.32. The van der Waals surface area contributed by atoms with Crippen molar-refractivity contribution in [1.82, 2.24) is 0 Å². The number of esters is 2. The lowest BCUT2D eigenvalue weighted by atomic mass is 10.1. The first-order valence-corrected chi connectivity index (χ1v) is 15.7. The van der Waals surface area contributed by atoms with E-state index in [1.54, 1.807) is 0 Å². The van der Waals surface area contributed by atoms with E-state index in [1.807, 2.05) is 0 Å². The fourth-order valence-electron chi connectivity index (χ4n) is 5.09. The Morgan fingerprint density at radius 3 is 1.09 bits per heavy atom. The molecule has 0 saturated carbocycles. The average molecular weight is 781 g/mol. The summed E-state index contributed by atoms with van der Waals surface area (Å²) in [6.07, 6.45) is 0. The summed E-state index contributed by atoms with van der Waals surface area (Å²) in [4.78, 5) is 70.6. The Hall–Kier alpha value is -7.64. The first kappa shape index (κ1) is 42.8. The molecule has 4 aromatic rings. The first-order valence-electron chi connectivity index (χ1n) is 15.7. The molecule has 0 atom stereocenters. The highest BCUT2D eigenvalue weighted by Crippen LogP contribution is 2.38. The van der Waals surface area contributed by atoms with Gasteiger partial charge < -0.3 is 48.5 Å². The van der Waals surface area contributed by atoms with E-state index in [0.29, 0.717) is 0 Å². The van der Waals surface area contributed by atoms with E-state index < -0.39 is 33.6 Å². The molecule has 20 heteroatoms. The number of carbonyl (C=O) groups excluding carboxylic acids is 4. The van der Waals surface area contributed by atoms with Gasteiger partial charge in [-0.15, -0.1) is 0 Å². The Kier molecular flexibility index (Phi) is 14.8. The number of nitrogens with one attached hydrogen (secondary N) is 2. The third kappa shape index (κ3) is 9.47. The van der Waals surface area contributed by atoms with Crippen LogP contribution in [0.25, 0.3) is 0 Å². The molecule has 2 amide bonds. The van der Waals surface area contributed by atoms with Crippen molar-refractivity contribution in [2.75, 3.05) is 67.5 Å². The van der Waals surface area contributed by atoms with Gasteiger partial charge in [-0.2, -0.15) is 0 Å². The summed E-state index contributed by atoms with van der Waals surface area (Å²) in [5.41, 5.74) is -0.564. The molecule has 296 valence electrons. The number of hydrogen-bond donors (Lipinski definition) is 2. The number of amides is 2. The van der Waals surface area contributed by atoms with Gasteiger partial charge in [0, 0.05) is 24.3 Å². The second-order valence-electron chi connectivity index (χ2n) is 10.6. The van der Waals surface area contributed by atoms with Crippen LogP contribution >= 0.6 is 0 Å². The van der Waals surface area contributed by atoms with Crippen molar-refractivity contribution in [2.24, 2.45) is 0 Å². The number of ether oxygens (including phenoxy) is 8. The van der Waals surface area contributed by atoms with Crippen LogP contribution in [0, 0.1) is 20.2 Å². The summed E-state index contributed by atoms with van der Waals surface area (Å²) in [5.74, 6) is -2.56. The molecule has 4 aromatic carbocycles. The minimum absolute atomic E-state index is 0.0330. The van der Waals surface area contributed by atoms with Crippen molar-refractivity contribution in [1.29, 1.82) is 0 Å². The smallest absolute Gasteiger partial charge is 0.341 e. The third-order valence-electron chi connectivity index (χ3n) is 7.59. The zero-order valence-corrected chi connectivity index (χ0v) is 31.2. The molecule has 0 fully saturated rings. The molecule has 0 saturated heterocycles. The number of nitrogens with zero attached hydrogens (tertiary/aromatic N) is 2. The minimum atomic E-state index is -0.706. The number of nitro benzene ring substituents is 2. The van der Waals surface area contributed by atoms with Crippen LogP contribution in [-0.4, -0.2) is 90.5 Å². The molecule has 0 bridgehead atoms. The highest BCUT2D eigenvalue weighted by atomic mass is 16.6. The van der Waals surface area contributed by atoms with Crippen LogP contribution in [0.4, 0.5) is 22.7 Å². The summed E-state index contributed by atoms with van der Waals surface area (Å²) in [6.45, 7) is 0. The highest BCUT2D eigenvalue weighted by Gasteiger charge is 2.27. The Morgan fingerprint density at radius 1 is 0.482 bits per heavy atom. The van der Waals surface area contributed by atoms with Gasteiger partial charge in [-0.05, 0) is 24.3 Å². The van der Waals surface area contributed by atoms with Crippen molar-refractivity contribution in [3.05, 3.63) is 103 Å². The van der Waals surface area contributed by atoms with Gasteiger partial charge in [-0.25, -0.2) is 9.59 Å². The molecule has 0 aliphatic carbocycles. The molecule has 0 aromatic heterocycles. The molecule has 0 heterocycles. The lowest BCUT2D eigenvalue weighted by Crippen LogP contribution is -2.16. The Bertz CT molecular complexity index is 2000. The zero-order valence-electron chi connectivity index (χ0n) is 31.2. The van der Waals surface area contributed by atoms with Crippen LogP contribution in [0.15, 0.2) is 60.7 Å². The van der Waals surface area contributed by atoms with Crippen LogP contribution < -0.4 is 39.1 Å². The molecule has 0 radical (unpaired) electrons. The van der Waals surface area contributed by atoms with E-state index >= 15 is 0 Å². The van der Waals surface area contributed by atoms with Crippen molar-refractivity contribution in [3.63, 3.8) is 0 Å². The van der Waals surface area contributed by atoms with Gasteiger partial charge in [-0.3, -0.25) is 29.8 Å². The molecule has 0 aliphatic rings. The number of rotatable bonds is 14. The average Bonchev–Trinajstić information content (AvgIpc) is 3.21. The van der Waals surface area contributed by atoms with Gasteiger partial charge >= 0.3 is 23.3 Å². The second-order valence-corrected chi connectivity index (χ2v) is 10.6. The van der Waals surface area contributed by atoms with E-state index in [9.17, 15) is 39.4 Å². The first-order chi connectivity index (χ1) is 26.7. The maximum atomic E-state index is 12.8. The lowest BCUT2D eigenvalue weighted by Gasteiger charge is -2.16. The van der Waals surface area contributed by atoms with Gasteiger partial charge in [-0.1, -0.05) is 12.1 Å². The Balaban J connectivity index is 0.000000300. The lowest BCUT2D eigenvalue weighted by molar-refractivity contribution is -0.385. The number of methoxy groups -OCH3 is 8. The zero-order chi connectivity index (χ0) is 41.7. The molecule has 0 unspecified atom stereocenters. The van der Waals surface area contributed by atoms with Crippen molar-refractivity contribution in [2.45, 2.75) is 0 Å². The number of hydrogen-bond acceptors (Lipinski definition) is 16. The minimum Gasteiger partial charge on any atom is -0.497 e. The van der Waals surface area contributed by atoms with Gasteiger partial charge in [0.2, 0.25) is 11.5 Å². The number of anilines is 2. The maximum Gasteiger partial charge on any atom is 0.341 e. The van der Waals surface area contributed by atoms with Crippen LogP contribution in [0.2, 0.25) is 0 Å². The summed E-state index contributed by atoms with van der Waals surface area (Å²) in [5, 5.41) is 27.4. The van der Waals surface area contributed by atoms with E-state index in [1.165, 1.54) is 118 Å². The van der Waals surface area contributed by atoms with Crippen molar-refractivity contribution >= 4 is 46.5 Å². The van der Waals surface area contributed by atoms with E-state index in [4.69, 9.17) is 37.9 Å². The fraction of sp³-hybridized carbons (Fsp3) is 0.222. The molecular weight excluding hydrogens is 744 g/mol. The number of nitro groups is 2. The van der Waals surface area contributed by atoms with Crippen molar-refractivity contribution < 1.29 is 66.9 Å². The SMILES string of the molecule is COC(=O)c1cc(OC)cc(NC(=O)c2cccc([N+](=O)[O-])c2OC)c1OC.COC(=O)c1cc(OC)cc(NC(=O)c2cccc([N+](=O)[O-])c2OC)c1OC. The van der Waals surface area contributed by atoms with Gasteiger partial charge in [0.25, 0.3) is 11.8 Å². The standard InChI is InChI=1S/2C18H18N2O8/c2*1-25-10-8-12(18(22)28-4)15(26-2)13(9-10)19-17(21)11-6-5-7-14(20(23)24)16(11)27-3/h2*5-9H,1-4H3,(H,19,21). The molecule has 0 aliphatic heterocycles.